The van der Waals surface area contributed by atoms with Gasteiger partial charge in [0.15, 0.2) is 0 Å². The Hall–Kier alpha value is -2.24. The van der Waals surface area contributed by atoms with Crippen molar-refractivity contribution in [2.75, 3.05) is 14.2 Å². The Balaban J connectivity index is 2.63. The molecule has 128 valence electrons. The maximum Gasteiger partial charge on any atom is 0.326 e. The summed E-state index contributed by atoms with van der Waals surface area (Å²) >= 11 is 0. The summed E-state index contributed by atoms with van der Waals surface area (Å²) in [6.45, 7) is 3.84. The van der Waals surface area contributed by atoms with Gasteiger partial charge in [-0.3, -0.25) is 4.79 Å². The Morgan fingerprint density at radius 3 is 2.13 bits per heavy atom. The van der Waals surface area contributed by atoms with Gasteiger partial charge in [-0.2, -0.15) is 0 Å². The van der Waals surface area contributed by atoms with Crippen LogP contribution in [0.1, 0.15) is 32.3 Å². The predicted octanol–water partition coefficient (Wildman–Crippen LogP) is 2.25. The molecule has 0 saturated heterocycles. The van der Waals surface area contributed by atoms with E-state index in [1.807, 2.05) is 26.0 Å². The third-order valence-electron chi connectivity index (χ3n) is 3.39. The number of carboxylic acid groups (broad SMARTS) is 1. The Kier molecular flexibility index (Phi) is 7.38. The number of benzene rings is 1. The zero-order valence-corrected chi connectivity index (χ0v) is 14.1. The molecule has 0 radical (unpaired) electrons. The van der Waals surface area contributed by atoms with Gasteiger partial charge in [-0.1, -0.05) is 13.8 Å². The molecule has 0 aliphatic heterocycles. The first-order chi connectivity index (χ1) is 10.8. The Labute approximate surface area is 136 Å². The summed E-state index contributed by atoms with van der Waals surface area (Å²) in [5, 5.41) is 11.7. The normalized spacial score (nSPS) is 11.9. The molecule has 0 aliphatic carbocycles. The number of hydrogen-bond donors (Lipinski definition) is 2. The van der Waals surface area contributed by atoms with Crippen molar-refractivity contribution in [2.45, 2.75) is 39.2 Å². The first kappa shape index (κ1) is 18.8. The van der Waals surface area contributed by atoms with E-state index in [1.165, 1.54) is 0 Å². The summed E-state index contributed by atoms with van der Waals surface area (Å²) in [4.78, 5) is 23.1. The van der Waals surface area contributed by atoms with Crippen LogP contribution in [0, 0.1) is 5.92 Å². The molecule has 0 aromatic heterocycles. The number of aryl methyl sites for hydroxylation is 1. The van der Waals surface area contributed by atoms with Crippen LogP contribution in [0.2, 0.25) is 0 Å². The fraction of sp³-hybridized carbons (Fsp3) is 0.529. The minimum absolute atomic E-state index is 0.194. The van der Waals surface area contributed by atoms with E-state index >= 15 is 0 Å². The lowest BCUT2D eigenvalue weighted by molar-refractivity contribution is -0.142. The lowest BCUT2D eigenvalue weighted by Crippen LogP contribution is -2.41. The van der Waals surface area contributed by atoms with Gasteiger partial charge in [0.25, 0.3) is 0 Å². The van der Waals surface area contributed by atoms with Gasteiger partial charge in [-0.15, -0.1) is 0 Å². The number of amides is 1. The molecule has 0 fully saturated rings. The molecule has 0 spiro atoms. The van der Waals surface area contributed by atoms with Crippen molar-refractivity contribution in [1.82, 2.24) is 5.32 Å². The zero-order chi connectivity index (χ0) is 17.4. The van der Waals surface area contributed by atoms with E-state index in [-0.39, 0.29) is 18.2 Å². The Bertz CT molecular complexity index is 520. The lowest BCUT2D eigenvalue weighted by atomic mass is 10.0. The molecule has 0 heterocycles. The van der Waals surface area contributed by atoms with E-state index < -0.39 is 12.0 Å². The van der Waals surface area contributed by atoms with Gasteiger partial charge in [0.1, 0.15) is 17.5 Å². The lowest BCUT2D eigenvalue weighted by Gasteiger charge is -2.16. The number of carbonyl (C=O) groups excluding carboxylic acids is 1. The third kappa shape index (κ3) is 6.59. The first-order valence-electron chi connectivity index (χ1n) is 7.59. The minimum Gasteiger partial charge on any atom is -0.497 e. The minimum atomic E-state index is -1.00. The summed E-state index contributed by atoms with van der Waals surface area (Å²) < 4.78 is 10.4. The van der Waals surface area contributed by atoms with Crippen LogP contribution in [0.25, 0.3) is 0 Å². The van der Waals surface area contributed by atoms with E-state index in [0.717, 1.165) is 5.56 Å². The number of carbonyl (C=O) groups is 2. The van der Waals surface area contributed by atoms with E-state index in [2.05, 4.69) is 5.32 Å². The molecule has 23 heavy (non-hydrogen) atoms. The topological polar surface area (TPSA) is 84.9 Å². The maximum absolute atomic E-state index is 12.0. The summed E-state index contributed by atoms with van der Waals surface area (Å²) in [6.07, 6.45) is 1.10. The van der Waals surface area contributed by atoms with Gasteiger partial charge >= 0.3 is 5.97 Å². The van der Waals surface area contributed by atoms with Crippen LogP contribution in [0.4, 0.5) is 0 Å². The second-order valence-corrected chi connectivity index (χ2v) is 5.81. The van der Waals surface area contributed by atoms with Gasteiger partial charge in [0, 0.05) is 12.5 Å². The smallest absolute Gasteiger partial charge is 0.326 e. The van der Waals surface area contributed by atoms with E-state index in [4.69, 9.17) is 14.6 Å². The van der Waals surface area contributed by atoms with E-state index in [9.17, 15) is 9.59 Å². The molecule has 6 heteroatoms. The van der Waals surface area contributed by atoms with E-state index in [1.54, 1.807) is 20.3 Å². The Morgan fingerprint density at radius 1 is 1.13 bits per heavy atom. The molecule has 1 unspecified atom stereocenters. The number of methoxy groups -OCH3 is 2. The summed E-state index contributed by atoms with van der Waals surface area (Å²) in [7, 11) is 3.13. The monoisotopic (exact) mass is 323 g/mol. The van der Waals surface area contributed by atoms with Gasteiger partial charge in [0.05, 0.1) is 14.2 Å². The number of rotatable bonds is 9. The van der Waals surface area contributed by atoms with Crippen LogP contribution < -0.4 is 14.8 Å². The van der Waals surface area contributed by atoms with Crippen molar-refractivity contribution in [3.8, 4) is 11.5 Å². The summed E-state index contributed by atoms with van der Waals surface area (Å²) in [6, 6.07) is 4.58. The molecule has 0 saturated carbocycles. The van der Waals surface area contributed by atoms with Crippen molar-refractivity contribution in [3.05, 3.63) is 23.8 Å². The van der Waals surface area contributed by atoms with Crippen LogP contribution in [-0.4, -0.2) is 37.2 Å². The second-order valence-electron chi connectivity index (χ2n) is 5.81. The fourth-order valence-electron chi connectivity index (χ4n) is 2.23. The maximum atomic E-state index is 12.0. The molecule has 1 aromatic rings. The van der Waals surface area contributed by atoms with Crippen LogP contribution >= 0.6 is 0 Å². The van der Waals surface area contributed by atoms with Crippen LogP contribution in [-0.2, 0) is 16.0 Å². The highest BCUT2D eigenvalue weighted by molar-refractivity contribution is 5.83. The van der Waals surface area contributed by atoms with Crippen molar-refractivity contribution < 1.29 is 24.2 Å². The highest BCUT2D eigenvalue weighted by Gasteiger charge is 2.20. The van der Waals surface area contributed by atoms with Crippen molar-refractivity contribution >= 4 is 11.9 Å². The number of ether oxygens (including phenoxy) is 2. The zero-order valence-electron chi connectivity index (χ0n) is 14.1. The van der Waals surface area contributed by atoms with Gasteiger partial charge in [-0.25, -0.2) is 4.79 Å². The quantitative estimate of drug-likeness (QED) is 0.728. The molecule has 1 rings (SSSR count). The van der Waals surface area contributed by atoms with Crippen LogP contribution in [0.5, 0.6) is 11.5 Å². The Morgan fingerprint density at radius 2 is 1.70 bits per heavy atom. The average Bonchev–Trinajstić information content (AvgIpc) is 2.51. The molecule has 1 aromatic carbocycles. The van der Waals surface area contributed by atoms with Crippen molar-refractivity contribution in [3.63, 3.8) is 0 Å². The summed E-state index contributed by atoms with van der Waals surface area (Å²) in [5.41, 5.74) is 0.895. The molecular formula is C17H25NO5. The third-order valence-corrected chi connectivity index (χ3v) is 3.39. The average molecular weight is 323 g/mol. The fourth-order valence-corrected chi connectivity index (χ4v) is 2.23. The molecule has 0 bridgehead atoms. The highest BCUT2D eigenvalue weighted by atomic mass is 16.5. The molecule has 2 N–H and O–H groups in total. The molecule has 1 amide bonds. The van der Waals surface area contributed by atoms with Gasteiger partial charge in [0.2, 0.25) is 5.91 Å². The number of carboxylic acids is 1. The van der Waals surface area contributed by atoms with E-state index in [0.29, 0.717) is 24.3 Å². The van der Waals surface area contributed by atoms with Gasteiger partial charge in [-0.05, 0) is 36.5 Å². The van der Waals surface area contributed by atoms with Crippen molar-refractivity contribution in [1.29, 1.82) is 0 Å². The predicted molar refractivity (Wildman–Crippen MR) is 86.9 cm³/mol. The largest absolute Gasteiger partial charge is 0.497 e. The second kappa shape index (κ2) is 9.02. The van der Waals surface area contributed by atoms with Crippen molar-refractivity contribution in [2.24, 2.45) is 5.92 Å². The number of nitrogens with one attached hydrogen (secondary N) is 1. The van der Waals surface area contributed by atoms with Gasteiger partial charge < -0.3 is 19.9 Å². The number of aliphatic carboxylic acids is 1. The van der Waals surface area contributed by atoms with Crippen LogP contribution in [0.3, 0.4) is 0 Å². The SMILES string of the molecule is COc1cc(CCC(=O)NC(CC(C)C)C(=O)O)cc(OC)c1. The van der Waals surface area contributed by atoms with Crippen LogP contribution in [0.15, 0.2) is 18.2 Å². The summed E-state index contributed by atoms with van der Waals surface area (Å²) in [5.74, 6) is 0.222. The molecule has 1 atom stereocenters. The first-order valence-corrected chi connectivity index (χ1v) is 7.59. The molecule has 0 aliphatic rings. The highest BCUT2D eigenvalue weighted by Crippen LogP contribution is 2.23. The standard InChI is InChI=1S/C17H25NO5/c1-11(2)7-15(17(20)21)18-16(19)6-5-12-8-13(22-3)10-14(9-12)23-4/h8-11,15H,5-7H2,1-4H3,(H,18,19)(H,20,21). The number of hydrogen-bond acceptors (Lipinski definition) is 4. The molecule has 6 nitrogen and oxygen atoms in total. The molecular weight excluding hydrogens is 298 g/mol.